The molecule has 0 spiro atoms. The van der Waals surface area contributed by atoms with Crippen molar-refractivity contribution in [2.24, 2.45) is 0 Å². The van der Waals surface area contributed by atoms with Crippen LogP contribution in [0.1, 0.15) is 11.1 Å². The molecule has 3 heteroatoms. The Morgan fingerprint density at radius 1 is 1.31 bits per heavy atom. The number of aliphatic hydroxyl groups excluding tert-OH is 2. The van der Waals surface area contributed by atoms with Crippen LogP contribution in [0.15, 0.2) is 18.2 Å². The number of benzene rings is 1. The minimum Gasteiger partial charge on any atom is -0.491 e. The van der Waals surface area contributed by atoms with Crippen molar-refractivity contribution in [1.29, 1.82) is 0 Å². The fourth-order valence-corrected chi connectivity index (χ4v) is 1.05. The molecule has 0 heterocycles. The summed E-state index contributed by atoms with van der Waals surface area (Å²) in [5.74, 6) is 0.723. The summed E-state index contributed by atoms with van der Waals surface area (Å²) in [6.07, 6.45) is 0. The lowest BCUT2D eigenvalue weighted by molar-refractivity contribution is 0.200. The molecule has 0 saturated carbocycles. The Balaban J connectivity index is 2.78. The van der Waals surface area contributed by atoms with E-state index >= 15 is 0 Å². The third kappa shape index (κ3) is 2.72. The molecule has 0 atom stereocenters. The predicted molar refractivity (Wildman–Crippen MR) is 49.7 cm³/mol. The van der Waals surface area contributed by atoms with E-state index < -0.39 is 0 Å². The Kier molecular flexibility index (Phi) is 3.73. The minimum atomic E-state index is 0.00277. The number of hydrogen-bond acceptors (Lipinski definition) is 3. The second-order valence-electron chi connectivity index (χ2n) is 2.83. The largest absolute Gasteiger partial charge is 0.491 e. The average molecular weight is 182 g/mol. The van der Waals surface area contributed by atoms with Crippen LogP contribution in [-0.2, 0) is 6.61 Å². The first kappa shape index (κ1) is 10.0. The van der Waals surface area contributed by atoms with Gasteiger partial charge in [-0.05, 0) is 24.1 Å². The molecule has 0 amide bonds. The van der Waals surface area contributed by atoms with Gasteiger partial charge in [-0.15, -0.1) is 0 Å². The zero-order chi connectivity index (χ0) is 9.68. The first-order chi connectivity index (χ1) is 6.27. The number of aliphatic hydroxyl groups is 2. The van der Waals surface area contributed by atoms with Gasteiger partial charge in [0.2, 0.25) is 0 Å². The molecule has 0 saturated heterocycles. The van der Waals surface area contributed by atoms with E-state index in [1.807, 2.05) is 19.1 Å². The monoisotopic (exact) mass is 182 g/mol. The van der Waals surface area contributed by atoms with Gasteiger partial charge in [-0.3, -0.25) is 0 Å². The summed E-state index contributed by atoms with van der Waals surface area (Å²) >= 11 is 0. The van der Waals surface area contributed by atoms with Gasteiger partial charge in [0.05, 0.1) is 13.2 Å². The molecule has 0 aliphatic rings. The second-order valence-corrected chi connectivity index (χ2v) is 2.83. The second kappa shape index (κ2) is 4.84. The Labute approximate surface area is 77.6 Å². The summed E-state index contributed by atoms with van der Waals surface area (Å²) in [6.45, 7) is 2.22. The summed E-state index contributed by atoms with van der Waals surface area (Å²) in [5.41, 5.74) is 1.82. The highest BCUT2D eigenvalue weighted by atomic mass is 16.5. The Morgan fingerprint density at radius 3 is 2.69 bits per heavy atom. The van der Waals surface area contributed by atoms with E-state index in [0.717, 1.165) is 16.9 Å². The van der Waals surface area contributed by atoms with Crippen LogP contribution in [0, 0.1) is 6.92 Å². The van der Waals surface area contributed by atoms with Gasteiger partial charge in [0.25, 0.3) is 0 Å². The summed E-state index contributed by atoms with van der Waals surface area (Å²) in [4.78, 5) is 0. The highest BCUT2D eigenvalue weighted by Gasteiger charge is 2.00. The standard InChI is InChI=1S/C10H14O3/c1-8-2-3-9(7-12)6-10(8)13-5-4-11/h2-3,6,11-12H,4-5,7H2,1H3. The molecule has 0 aliphatic heterocycles. The smallest absolute Gasteiger partial charge is 0.122 e. The van der Waals surface area contributed by atoms with E-state index in [1.54, 1.807) is 6.07 Å². The van der Waals surface area contributed by atoms with E-state index in [0.29, 0.717) is 0 Å². The van der Waals surface area contributed by atoms with Gasteiger partial charge in [-0.2, -0.15) is 0 Å². The molecular formula is C10H14O3. The number of ether oxygens (including phenoxy) is 1. The highest BCUT2D eigenvalue weighted by molar-refractivity contribution is 5.36. The molecule has 0 aromatic heterocycles. The summed E-state index contributed by atoms with van der Waals surface area (Å²) in [5, 5.41) is 17.4. The van der Waals surface area contributed by atoms with Crippen LogP contribution < -0.4 is 4.74 Å². The molecule has 1 rings (SSSR count). The van der Waals surface area contributed by atoms with Crippen molar-refractivity contribution in [2.75, 3.05) is 13.2 Å². The predicted octanol–water partition coefficient (Wildman–Crippen LogP) is 0.858. The van der Waals surface area contributed by atoms with Crippen molar-refractivity contribution in [3.05, 3.63) is 29.3 Å². The number of aryl methyl sites for hydroxylation is 1. The van der Waals surface area contributed by atoms with Crippen LogP contribution in [0.25, 0.3) is 0 Å². The van der Waals surface area contributed by atoms with Crippen molar-refractivity contribution >= 4 is 0 Å². The number of rotatable bonds is 4. The topological polar surface area (TPSA) is 49.7 Å². The zero-order valence-corrected chi connectivity index (χ0v) is 7.66. The molecule has 0 unspecified atom stereocenters. The van der Waals surface area contributed by atoms with Crippen molar-refractivity contribution < 1.29 is 14.9 Å². The van der Waals surface area contributed by atoms with Gasteiger partial charge in [-0.25, -0.2) is 0 Å². The molecule has 2 N–H and O–H groups in total. The van der Waals surface area contributed by atoms with Crippen molar-refractivity contribution in [3.63, 3.8) is 0 Å². The normalized spacial score (nSPS) is 10.1. The van der Waals surface area contributed by atoms with Gasteiger partial charge in [0.15, 0.2) is 0 Å². The molecule has 1 aromatic rings. The molecule has 13 heavy (non-hydrogen) atoms. The molecule has 1 aromatic carbocycles. The van der Waals surface area contributed by atoms with Crippen LogP contribution in [0.2, 0.25) is 0 Å². The first-order valence-corrected chi connectivity index (χ1v) is 4.22. The van der Waals surface area contributed by atoms with E-state index in [1.165, 1.54) is 0 Å². The zero-order valence-electron chi connectivity index (χ0n) is 7.66. The van der Waals surface area contributed by atoms with Gasteiger partial charge in [0.1, 0.15) is 12.4 Å². The van der Waals surface area contributed by atoms with E-state index in [2.05, 4.69) is 0 Å². The molecular weight excluding hydrogens is 168 g/mol. The average Bonchev–Trinajstić information content (AvgIpc) is 2.17. The van der Waals surface area contributed by atoms with Crippen LogP contribution >= 0.6 is 0 Å². The first-order valence-electron chi connectivity index (χ1n) is 4.22. The van der Waals surface area contributed by atoms with Crippen molar-refractivity contribution in [3.8, 4) is 5.75 Å². The minimum absolute atomic E-state index is 0.00277. The molecule has 0 bridgehead atoms. The maximum atomic E-state index is 8.87. The van der Waals surface area contributed by atoms with Gasteiger partial charge in [-0.1, -0.05) is 12.1 Å². The molecule has 0 radical (unpaired) electrons. The fourth-order valence-electron chi connectivity index (χ4n) is 1.05. The Bertz CT molecular complexity index is 271. The lowest BCUT2D eigenvalue weighted by Crippen LogP contribution is -2.03. The van der Waals surface area contributed by atoms with E-state index in [4.69, 9.17) is 14.9 Å². The van der Waals surface area contributed by atoms with Crippen LogP contribution in [-0.4, -0.2) is 23.4 Å². The summed E-state index contributed by atoms with van der Waals surface area (Å²) in [7, 11) is 0. The lowest BCUT2D eigenvalue weighted by Gasteiger charge is -2.08. The third-order valence-electron chi connectivity index (χ3n) is 1.78. The lowest BCUT2D eigenvalue weighted by atomic mass is 10.1. The van der Waals surface area contributed by atoms with E-state index in [-0.39, 0.29) is 19.8 Å². The maximum Gasteiger partial charge on any atom is 0.122 e. The van der Waals surface area contributed by atoms with Gasteiger partial charge < -0.3 is 14.9 Å². The molecule has 3 nitrogen and oxygen atoms in total. The van der Waals surface area contributed by atoms with Crippen LogP contribution in [0.5, 0.6) is 5.75 Å². The Morgan fingerprint density at radius 2 is 2.08 bits per heavy atom. The highest BCUT2D eigenvalue weighted by Crippen LogP contribution is 2.19. The quantitative estimate of drug-likeness (QED) is 0.726. The number of hydrogen-bond donors (Lipinski definition) is 2. The molecule has 0 fully saturated rings. The van der Waals surface area contributed by atoms with Crippen molar-refractivity contribution in [1.82, 2.24) is 0 Å². The van der Waals surface area contributed by atoms with Crippen LogP contribution in [0.3, 0.4) is 0 Å². The molecule has 0 aliphatic carbocycles. The van der Waals surface area contributed by atoms with Crippen LogP contribution in [0.4, 0.5) is 0 Å². The maximum absolute atomic E-state index is 8.87. The van der Waals surface area contributed by atoms with E-state index in [9.17, 15) is 0 Å². The third-order valence-corrected chi connectivity index (χ3v) is 1.78. The van der Waals surface area contributed by atoms with Crippen molar-refractivity contribution in [2.45, 2.75) is 13.5 Å². The Hall–Kier alpha value is -1.06. The summed E-state index contributed by atoms with van der Waals surface area (Å²) < 4.78 is 5.27. The summed E-state index contributed by atoms with van der Waals surface area (Å²) in [6, 6.07) is 5.52. The van der Waals surface area contributed by atoms with Gasteiger partial charge >= 0.3 is 0 Å². The molecule has 72 valence electrons. The SMILES string of the molecule is Cc1ccc(CO)cc1OCCO. The van der Waals surface area contributed by atoms with Gasteiger partial charge in [0, 0.05) is 0 Å². The fraction of sp³-hybridized carbons (Fsp3) is 0.400.